The molecule has 1 amide bonds. The van der Waals surface area contributed by atoms with Crippen molar-refractivity contribution in [1.82, 2.24) is 0 Å². The molecule has 3 aromatic carbocycles. The standard InChI is InChI=1S/C22H18ClNO2/c1-26-19-13-7-16(8-14-19)21-20(15-5-3-2-4-6-15)22(25)24(21)18-11-9-17(23)10-12-18/h2-14,20-21H,1H3. The van der Waals surface area contributed by atoms with Gasteiger partial charge >= 0.3 is 0 Å². The lowest BCUT2D eigenvalue weighted by atomic mass is 9.77. The Morgan fingerprint density at radius 3 is 2.12 bits per heavy atom. The maximum Gasteiger partial charge on any atom is 0.237 e. The second kappa shape index (κ2) is 6.85. The maximum absolute atomic E-state index is 13.0. The topological polar surface area (TPSA) is 29.5 Å². The minimum absolute atomic E-state index is 0.0584. The van der Waals surface area contributed by atoms with Gasteiger partial charge in [-0.25, -0.2) is 0 Å². The molecule has 26 heavy (non-hydrogen) atoms. The summed E-state index contributed by atoms with van der Waals surface area (Å²) in [7, 11) is 1.65. The Balaban J connectivity index is 1.75. The van der Waals surface area contributed by atoms with Crippen LogP contribution in [0, 0.1) is 0 Å². The van der Waals surface area contributed by atoms with Crippen LogP contribution < -0.4 is 9.64 Å². The molecule has 2 atom stereocenters. The number of nitrogens with zero attached hydrogens (tertiary/aromatic N) is 1. The molecular formula is C22H18ClNO2. The van der Waals surface area contributed by atoms with Crippen LogP contribution in [0.3, 0.4) is 0 Å². The number of methoxy groups -OCH3 is 1. The number of anilines is 1. The summed E-state index contributed by atoms with van der Waals surface area (Å²) in [4.78, 5) is 14.9. The molecular weight excluding hydrogens is 346 g/mol. The predicted octanol–water partition coefficient (Wildman–Crippen LogP) is 5.22. The van der Waals surface area contributed by atoms with Crippen LogP contribution in [0.5, 0.6) is 5.75 Å². The van der Waals surface area contributed by atoms with Crippen LogP contribution in [0.15, 0.2) is 78.9 Å². The van der Waals surface area contributed by atoms with Gasteiger partial charge in [-0.2, -0.15) is 0 Å². The van der Waals surface area contributed by atoms with Crippen LogP contribution in [-0.2, 0) is 4.79 Å². The molecule has 1 aliphatic heterocycles. The number of amides is 1. The molecule has 0 spiro atoms. The van der Waals surface area contributed by atoms with E-state index in [1.807, 2.05) is 83.8 Å². The molecule has 4 heteroatoms. The van der Waals surface area contributed by atoms with Gasteiger partial charge in [0.1, 0.15) is 5.75 Å². The average molecular weight is 364 g/mol. The van der Waals surface area contributed by atoms with Crippen molar-refractivity contribution in [2.24, 2.45) is 0 Å². The van der Waals surface area contributed by atoms with E-state index in [1.54, 1.807) is 7.11 Å². The van der Waals surface area contributed by atoms with Gasteiger partial charge in [0.15, 0.2) is 0 Å². The summed E-state index contributed by atoms with van der Waals surface area (Å²) >= 11 is 6.01. The van der Waals surface area contributed by atoms with Crippen LogP contribution >= 0.6 is 11.6 Å². The monoisotopic (exact) mass is 363 g/mol. The Kier molecular flexibility index (Phi) is 4.39. The van der Waals surface area contributed by atoms with E-state index >= 15 is 0 Å². The van der Waals surface area contributed by atoms with Crippen LogP contribution in [0.25, 0.3) is 0 Å². The first kappa shape index (κ1) is 16.7. The SMILES string of the molecule is COc1ccc(C2C(c3ccccc3)C(=O)N2c2ccc(Cl)cc2)cc1. The van der Waals surface area contributed by atoms with Crippen molar-refractivity contribution in [1.29, 1.82) is 0 Å². The molecule has 1 aliphatic rings. The molecule has 0 saturated carbocycles. The Morgan fingerprint density at radius 1 is 0.846 bits per heavy atom. The number of carbonyl (C=O) groups excluding carboxylic acids is 1. The summed E-state index contributed by atoms with van der Waals surface area (Å²) in [5.74, 6) is 0.702. The first-order valence-electron chi connectivity index (χ1n) is 8.46. The number of rotatable bonds is 4. The van der Waals surface area contributed by atoms with Gasteiger partial charge in [0.05, 0.1) is 19.1 Å². The molecule has 3 nitrogen and oxygen atoms in total. The molecule has 2 unspecified atom stereocenters. The van der Waals surface area contributed by atoms with Gasteiger partial charge < -0.3 is 9.64 Å². The second-order valence-corrected chi connectivity index (χ2v) is 6.73. The predicted molar refractivity (Wildman–Crippen MR) is 104 cm³/mol. The Hall–Kier alpha value is -2.78. The summed E-state index contributed by atoms with van der Waals surface area (Å²) in [5, 5.41) is 0.655. The lowest BCUT2D eigenvalue weighted by Crippen LogP contribution is -2.53. The highest BCUT2D eigenvalue weighted by Gasteiger charge is 2.49. The minimum atomic E-state index is -0.194. The second-order valence-electron chi connectivity index (χ2n) is 6.29. The molecule has 1 heterocycles. The van der Waals surface area contributed by atoms with E-state index in [1.165, 1.54) is 0 Å². The highest BCUT2D eigenvalue weighted by Crippen LogP contribution is 2.49. The number of hydrogen-bond donors (Lipinski definition) is 0. The van der Waals surface area contributed by atoms with E-state index in [0.717, 1.165) is 22.6 Å². The number of benzene rings is 3. The summed E-state index contributed by atoms with van der Waals surface area (Å²) < 4.78 is 5.26. The van der Waals surface area contributed by atoms with Crippen molar-refractivity contribution in [2.75, 3.05) is 12.0 Å². The van der Waals surface area contributed by atoms with Crippen LogP contribution in [0.2, 0.25) is 5.02 Å². The quantitative estimate of drug-likeness (QED) is 0.595. The lowest BCUT2D eigenvalue weighted by molar-refractivity contribution is -0.126. The van der Waals surface area contributed by atoms with Crippen molar-refractivity contribution in [3.05, 3.63) is 95.0 Å². The first-order valence-corrected chi connectivity index (χ1v) is 8.84. The fourth-order valence-corrected chi connectivity index (χ4v) is 3.63. The summed E-state index contributed by atoms with van der Waals surface area (Å²) in [6, 6.07) is 25.2. The van der Waals surface area contributed by atoms with Gasteiger partial charge in [0.2, 0.25) is 5.91 Å². The van der Waals surface area contributed by atoms with E-state index in [4.69, 9.17) is 16.3 Å². The van der Waals surface area contributed by atoms with Gasteiger partial charge in [-0.3, -0.25) is 4.79 Å². The molecule has 1 fully saturated rings. The molecule has 0 aromatic heterocycles. The molecule has 0 bridgehead atoms. The van der Waals surface area contributed by atoms with E-state index in [2.05, 4.69) is 0 Å². The molecule has 0 radical (unpaired) electrons. The van der Waals surface area contributed by atoms with Crippen molar-refractivity contribution in [2.45, 2.75) is 12.0 Å². The third-order valence-corrected chi connectivity index (χ3v) is 5.07. The minimum Gasteiger partial charge on any atom is -0.497 e. The third-order valence-electron chi connectivity index (χ3n) is 4.82. The zero-order valence-corrected chi connectivity index (χ0v) is 15.1. The normalized spacial score (nSPS) is 19.2. The van der Waals surface area contributed by atoms with Crippen molar-refractivity contribution in [3.8, 4) is 5.75 Å². The van der Waals surface area contributed by atoms with E-state index in [0.29, 0.717) is 5.02 Å². The third kappa shape index (κ3) is 2.85. The Labute approximate surface area is 157 Å². The van der Waals surface area contributed by atoms with Crippen LogP contribution in [-0.4, -0.2) is 13.0 Å². The molecule has 0 N–H and O–H groups in total. The zero-order valence-electron chi connectivity index (χ0n) is 14.3. The van der Waals surface area contributed by atoms with Gasteiger partial charge in [0.25, 0.3) is 0 Å². The van der Waals surface area contributed by atoms with E-state index < -0.39 is 0 Å². The van der Waals surface area contributed by atoms with Crippen LogP contribution in [0.1, 0.15) is 23.1 Å². The fraction of sp³-hybridized carbons (Fsp3) is 0.136. The summed E-state index contributed by atoms with van der Waals surface area (Å²) in [6.45, 7) is 0. The Morgan fingerprint density at radius 2 is 1.50 bits per heavy atom. The summed E-state index contributed by atoms with van der Waals surface area (Å²) in [5.41, 5.74) is 2.96. The van der Waals surface area contributed by atoms with E-state index in [9.17, 15) is 4.79 Å². The van der Waals surface area contributed by atoms with E-state index in [-0.39, 0.29) is 17.9 Å². The first-order chi connectivity index (χ1) is 12.7. The zero-order chi connectivity index (χ0) is 18.1. The molecule has 1 saturated heterocycles. The van der Waals surface area contributed by atoms with Crippen LogP contribution in [0.4, 0.5) is 5.69 Å². The largest absolute Gasteiger partial charge is 0.497 e. The number of β-lactam (4-membered cyclic amide) rings is 1. The highest BCUT2D eigenvalue weighted by atomic mass is 35.5. The molecule has 4 rings (SSSR count). The van der Waals surface area contributed by atoms with Gasteiger partial charge in [-0.1, -0.05) is 54.1 Å². The van der Waals surface area contributed by atoms with Gasteiger partial charge in [-0.15, -0.1) is 0 Å². The fourth-order valence-electron chi connectivity index (χ4n) is 3.51. The van der Waals surface area contributed by atoms with Crippen molar-refractivity contribution >= 4 is 23.2 Å². The number of ether oxygens (including phenoxy) is 1. The number of hydrogen-bond acceptors (Lipinski definition) is 2. The van der Waals surface area contributed by atoms with Gasteiger partial charge in [-0.05, 0) is 47.5 Å². The lowest BCUT2D eigenvalue weighted by Gasteiger charge is -2.47. The smallest absolute Gasteiger partial charge is 0.237 e. The average Bonchev–Trinajstić information content (AvgIpc) is 2.69. The Bertz CT molecular complexity index is 907. The summed E-state index contributed by atoms with van der Waals surface area (Å²) in [6.07, 6.45) is 0. The van der Waals surface area contributed by atoms with Gasteiger partial charge in [0, 0.05) is 10.7 Å². The number of carbonyl (C=O) groups is 1. The molecule has 3 aromatic rings. The molecule has 130 valence electrons. The number of halogens is 1. The molecule has 0 aliphatic carbocycles. The maximum atomic E-state index is 13.0. The highest BCUT2D eigenvalue weighted by molar-refractivity contribution is 6.30. The van der Waals surface area contributed by atoms with Crippen molar-refractivity contribution in [3.63, 3.8) is 0 Å². The van der Waals surface area contributed by atoms with Crippen molar-refractivity contribution < 1.29 is 9.53 Å².